The average molecular weight is 412 g/mol. The van der Waals surface area contributed by atoms with Gasteiger partial charge in [0.2, 0.25) is 5.95 Å². The third-order valence-electron chi connectivity index (χ3n) is 5.92. The fraction of sp³-hybridized carbons (Fsp3) is 0.565. The molecule has 162 valence electrons. The fourth-order valence-electron chi connectivity index (χ4n) is 4.11. The molecule has 0 N–H and O–H groups in total. The Morgan fingerprint density at radius 3 is 2.60 bits per heavy atom. The van der Waals surface area contributed by atoms with Gasteiger partial charge in [0.15, 0.2) is 0 Å². The topological polar surface area (TPSA) is 54.0 Å². The van der Waals surface area contributed by atoms with Crippen LogP contribution in [0.5, 0.6) is 5.75 Å². The van der Waals surface area contributed by atoms with Gasteiger partial charge in [-0.1, -0.05) is 12.1 Å². The maximum Gasteiger partial charge on any atom is 0.225 e. The third-order valence-corrected chi connectivity index (χ3v) is 5.92. The van der Waals surface area contributed by atoms with Crippen LogP contribution in [0, 0.1) is 0 Å². The van der Waals surface area contributed by atoms with Crippen LogP contribution in [0.25, 0.3) is 0 Å². The van der Waals surface area contributed by atoms with Crippen molar-refractivity contribution in [1.82, 2.24) is 19.8 Å². The zero-order chi connectivity index (χ0) is 20.8. The van der Waals surface area contributed by atoms with Gasteiger partial charge in [0.25, 0.3) is 0 Å². The van der Waals surface area contributed by atoms with Crippen LogP contribution in [0.2, 0.25) is 0 Å². The number of likely N-dealkylation sites (N-methyl/N-ethyl adjacent to an activating group) is 1. The molecule has 0 aliphatic carbocycles. The van der Waals surface area contributed by atoms with Crippen LogP contribution in [-0.2, 0) is 17.8 Å². The predicted molar refractivity (Wildman–Crippen MR) is 118 cm³/mol. The number of methoxy groups -OCH3 is 1. The Hall–Kier alpha value is -2.22. The quantitative estimate of drug-likeness (QED) is 0.661. The largest absolute Gasteiger partial charge is 0.497 e. The molecule has 2 fully saturated rings. The summed E-state index contributed by atoms with van der Waals surface area (Å²) in [4.78, 5) is 16.5. The van der Waals surface area contributed by atoms with Crippen LogP contribution >= 0.6 is 0 Å². The van der Waals surface area contributed by atoms with E-state index in [0.29, 0.717) is 6.10 Å². The highest BCUT2D eigenvalue weighted by atomic mass is 16.5. The summed E-state index contributed by atoms with van der Waals surface area (Å²) in [6.07, 6.45) is 4.49. The molecule has 2 saturated heterocycles. The van der Waals surface area contributed by atoms with E-state index in [2.05, 4.69) is 38.9 Å². The first-order valence-electron chi connectivity index (χ1n) is 10.9. The van der Waals surface area contributed by atoms with Crippen LogP contribution in [0.1, 0.15) is 24.1 Å². The first-order chi connectivity index (χ1) is 14.7. The minimum absolute atomic E-state index is 0.308. The lowest BCUT2D eigenvalue weighted by molar-refractivity contribution is 0.0674. The van der Waals surface area contributed by atoms with Gasteiger partial charge in [0.05, 0.1) is 18.9 Å². The van der Waals surface area contributed by atoms with E-state index in [0.717, 1.165) is 82.7 Å². The molecular formula is C23H33N5O2. The Morgan fingerprint density at radius 2 is 1.90 bits per heavy atom. The molecule has 3 heterocycles. The molecule has 0 amide bonds. The molecule has 1 aromatic heterocycles. The summed E-state index contributed by atoms with van der Waals surface area (Å²) in [5.74, 6) is 1.74. The Labute approximate surface area is 179 Å². The van der Waals surface area contributed by atoms with Gasteiger partial charge in [0, 0.05) is 58.6 Å². The Morgan fingerprint density at radius 1 is 1.10 bits per heavy atom. The predicted octanol–water partition coefficient (Wildman–Crippen LogP) is 2.42. The highest BCUT2D eigenvalue weighted by molar-refractivity contribution is 5.31. The molecule has 0 saturated carbocycles. The standard InChI is InChI=1S/C23H33N5O2/c1-26-11-13-28(14-12-26)23-24-10-9-20(25-23)17-27(18-22-4-3-15-30-22)16-19-5-7-21(29-2)8-6-19/h5-10,22H,3-4,11-18H2,1-2H3. The SMILES string of the molecule is COc1ccc(CN(Cc2ccnc(N3CCN(C)CC3)n2)CC2CCCO2)cc1. The molecule has 1 aromatic carbocycles. The molecule has 1 atom stereocenters. The van der Waals surface area contributed by atoms with E-state index in [1.807, 2.05) is 24.4 Å². The van der Waals surface area contributed by atoms with Gasteiger partial charge in [-0.05, 0) is 43.7 Å². The van der Waals surface area contributed by atoms with Crippen LogP contribution in [0.15, 0.2) is 36.5 Å². The molecule has 7 heteroatoms. The molecule has 2 aliphatic heterocycles. The lowest BCUT2D eigenvalue weighted by Gasteiger charge is -2.32. The minimum atomic E-state index is 0.308. The van der Waals surface area contributed by atoms with Gasteiger partial charge in [-0.2, -0.15) is 0 Å². The average Bonchev–Trinajstić information content (AvgIpc) is 3.28. The molecule has 2 aromatic rings. The van der Waals surface area contributed by atoms with E-state index >= 15 is 0 Å². The van der Waals surface area contributed by atoms with Gasteiger partial charge < -0.3 is 19.3 Å². The van der Waals surface area contributed by atoms with Gasteiger partial charge in [-0.15, -0.1) is 0 Å². The van der Waals surface area contributed by atoms with Crippen molar-refractivity contribution in [1.29, 1.82) is 0 Å². The number of hydrogen-bond donors (Lipinski definition) is 0. The van der Waals surface area contributed by atoms with Crippen molar-refractivity contribution in [3.05, 3.63) is 47.8 Å². The molecule has 2 aliphatic rings. The maximum atomic E-state index is 5.92. The second-order valence-electron chi connectivity index (χ2n) is 8.29. The number of aromatic nitrogens is 2. The zero-order valence-electron chi connectivity index (χ0n) is 18.2. The van der Waals surface area contributed by atoms with E-state index in [-0.39, 0.29) is 0 Å². The summed E-state index contributed by atoms with van der Waals surface area (Å²) in [5, 5.41) is 0. The van der Waals surface area contributed by atoms with Gasteiger partial charge >= 0.3 is 0 Å². The number of rotatable bonds is 8. The maximum absolute atomic E-state index is 5.92. The van der Waals surface area contributed by atoms with Crippen LogP contribution in [-0.4, -0.2) is 79.4 Å². The van der Waals surface area contributed by atoms with E-state index in [1.165, 1.54) is 5.56 Å². The number of ether oxygens (including phenoxy) is 2. The summed E-state index contributed by atoms with van der Waals surface area (Å²) in [6, 6.07) is 10.4. The van der Waals surface area contributed by atoms with Crippen molar-refractivity contribution < 1.29 is 9.47 Å². The van der Waals surface area contributed by atoms with Crippen LogP contribution < -0.4 is 9.64 Å². The van der Waals surface area contributed by atoms with Crippen molar-refractivity contribution >= 4 is 5.95 Å². The number of hydrogen-bond acceptors (Lipinski definition) is 7. The lowest BCUT2D eigenvalue weighted by Crippen LogP contribution is -2.45. The van der Waals surface area contributed by atoms with Crippen LogP contribution in [0.3, 0.4) is 0 Å². The van der Waals surface area contributed by atoms with Gasteiger partial charge in [0.1, 0.15) is 5.75 Å². The molecule has 0 spiro atoms. The molecule has 7 nitrogen and oxygen atoms in total. The van der Waals surface area contributed by atoms with E-state index < -0.39 is 0 Å². The lowest BCUT2D eigenvalue weighted by atomic mass is 10.1. The van der Waals surface area contributed by atoms with Crippen LogP contribution in [0.4, 0.5) is 5.95 Å². The Kier molecular flexibility index (Phi) is 7.15. The summed E-state index contributed by atoms with van der Waals surface area (Å²) >= 11 is 0. The zero-order valence-corrected chi connectivity index (χ0v) is 18.2. The molecule has 30 heavy (non-hydrogen) atoms. The normalized spacial score (nSPS) is 20.1. The smallest absolute Gasteiger partial charge is 0.225 e. The number of anilines is 1. The second-order valence-corrected chi connectivity index (χ2v) is 8.29. The molecule has 0 radical (unpaired) electrons. The van der Waals surface area contributed by atoms with Gasteiger partial charge in [-0.3, -0.25) is 4.90 Å². The van der Waals surface area contributed by atoms with E-state index in [4.69, 9.17) is 14.5 Å². The first-order valence-corrected chi connectivity index (χ1v) is 10.9. The van der Waals surface area contributed by atoms with E-state index in [9.17, 15) is 0 Å². The molecular weight excluding hydrogens is 378 g/mol. The van der Waals surface area contributed by atoms with Crippen molar-refractivity contribution in [3.63, 3.8) is 0 Å². The summed E-state index contributed by atoms with van der Waals surface area (Å²) < 4.78 is 11.2. The fourth-order valence-corrected chi connectivity index (χ4v) is 4.11. The highest BCUT2D eigenvalue weighted by Crippen LogP contribution is 2.19. The highest BCUT2D eigenvalue weighted by Gasteiger charge is 2.21. The number of piperazine rings is 1. The van der Waals surface area contributed by atoms with Crippen molar-refractivity contribution in [3.8, 4) is 5.75 Å². The molecule has 4 rings (SSSR count). The monoisotopic (exact) mass is 411 g/mol. The molecule has 0 bridgehead atoms. The first kappa shape index (κ1) is 21.0. The number of nitrogens with zero attached hydrogens (tertiary/aromatic N) is 5. The van der Waals surface area contributed by atoms with E-state index in [1.54, 1.807) is 7.11 Å². The van der Waals surface area contributed by atoms with Crippen molar-refractivity contribution in [2.24, 2.45) is 0 Å². The summed E-state index contributed by atoms with van der Waals surface area (Å²) in [5.41, 5.74) is 2.33. The summed E-state index contributed by atoms with van der Waals surface area (Å²) in [7, 11) is 3.86. The number of benzene rings is 1. The van der Waals surface area contributed by atoms with Gasteiger partial charge in [-0.25, -0.2) is 9.97 Å². The summed E-state index contributed by atoms with van der Waals surface area (Å²) in [6.45, 7) is 7.50. The third kappa shape index (κ3) is 5.68. The minimum Gasteiger partial charge on any atom is -0.497 e. The van der Waals surface area contributed by atoms with Crippen molar-refractivity contribution in [2.75, 3.05) is 58.4 Å². The molecule has 1 unspecified atom stereocenters. The Bertz CT molecular complexity index is 786. The Balaban J connectivity index is 1.45. The second kappa shape index (κ2) is 10.2. The van der Waals surface area contributed by atoms with Crippen molar-refractivity contribution in [2.45, 2.75) is 32.0 Å².